The van der Waals surface area contributed by atoms with Crippen molar-refractivity contribution in [2.24, 2.45) is 0 Å². The van der Waals surface area contributed by atoms with Crippen LogP contribution in [0.2, 0.25) is 0 Å². The Labute approximate surface area is 178 Å². The number of aromatic nitrogens is 1. The van der Waals surface area contributed by atoms with Crippen LogP contribution in [-0.4, -0.2) is 17.1 Å². The summed E-state index contributed by atoms with van der Waals surface area (Å²) in [6, 6.07) is 14.3. The minimum atomic E-state index is -0.604. The monoisotopic (exact) mass is 417 g/mol. The van der Waals surface area contributed by atoms with Gasteiger partial charge in [-0.2, -0.15) is 0 Å². The van der Waals surface area contributed by atoms with Crippen molar-refractivity contribution in [3.8, 4) is 16.8 Å². The highest BCUT2D eigenvalue weighted by molar-refractivity contribution is 6.05. The third-order valence-electron chi connectivity index (χ3n) is 5.42. The van der Waals surface area contributed by atoms with E-state index in [4.69, 9.17) is 11.1 Å². The molecule has 0 aliphatic rings. The highest BCUT2D eigenvalue weighted by atomic mass is 19.1. The third-order valence-corrected chi connectivity index (χ3v) is 5.42. The minimum absolute atomic E-state index is 0.0287. The van der Waals surface area contributed by atoms with E-state index in [0.29, 0.717) is 45.3 Å². The maximum absolute atomic E-state index is 15.3. The van der Waals surface area contributed by atoms with Gasteiger partial charge in [0, 0.05) is 45.4 Å². The molecule has 1 heterocycles. The van der Waals surface area contributed by atoms with Gasteiger partial charge < -0.3 is 15.7 Å². The zero-order chi connectivity index (χ0) is 22.3. The van der Waals surface area contributed by atoms with E-state index in [1.807, 2.05) is 18.4 Å². The molecule has 0 saturated carbocycles. The molecule has 3 N–H and O–H groups in total. The molecule has 4 nitrogen and oxygen atoms in total. The van der Waals surface area contributed by atoms with Gasteiger partial charge in [-0.25, -0.2) is 8.78 Å². The molecule has 0 aliphatic heterocycles. The minimum Gasteiger partial charge on any atom is -0.398 e. The molecule has 0 bridgehead atoms. The number of anilines is 1. The number of fused-ring (bicyclic) bond motifs is 1. The fraction of sp³-hybridized carbons (Fsp3) is 0.120. The van der Waals surface area contributed by atoms with Gasteiger partial charge in [0.15, 0.2) is 6.29 Å². The molecular weight excluding hydrogens is 396 g/mol. The molecule has 156 valence electrons. The van der Waals surface area contributed by atoms with Crippen LogP contribution in [-0.2, 0) is 0 Å². The van der Waals surface area contributed by atoms with Crippen molar-refractivity contribution >= 4 is 29.1 Å². The van der Waals surface area contributed by atoms with Crippen LogP contribution in [0.15, 0.2) is 54.6 Å². The van der Waals surface area contributed by atoms with Crippen molar-refractivity contribution < 1.29 is 13.6 Å². The number of nitrogens with zero attached hydrogens (tertiary/aromatic N) is 1. The van der Waals surface area contributed by atoms with E-state index in [9.17, 15) is 9.18 Å². The molecule has 1 aromatic heterocycles. The fourth-order valence-corrected chi connectivity index (χ4v) is 4.04. The van der Waals surface area contributed by atoms with E-state index in [2.05, 4.69) is 0 Å². The molecule has 0 radical (unpaired) electrons. The van der Waals surface area contributed by atoms with Crippen LogP contribution < -0.4 is 5.73 Å². The SMILES string of the molecule is CC(C)c1c(-c2cccc(C=O)c2F)c2cc(N)c(C=N)cc2n1-c1ccc(F)cc1. The van der Waals surface area contributed by atoms with Gasteiger partial charge in [0.1, 0.15) is 11.6 Å². The van der Waals surface area contributed by atoms with Crippen molar-refractivity contribution in [3.05, 3.63) is 83.1 Å². The van der Waals surface area contributed by atoms with Gasteiger partial charge in [-0.1, -0.05) is 26.0 Å². The van der Waals surface area contributed by atoms with E-state index in [1.165, 1.54) is 24.4 Å². The van der Waals surface area contributed by atoms with E-state index in [-0.39, 0.29) is 17.3 Å². The van der Waals surface area contributed by atoms with Crippen molar-refractivity contribution in [2.45, 2.75) is 19.8 Å². The average Bonchev–Trinajstić information content (AvgIpc) is 3.08. The lowest BCUT2D eigenvalue weighted by Gasteiger charge is -2.16. The number of carbonyl (C=O) groups is 1. The van der Waals surface area contributed by atoms with Crippen LogP contribution >= 0.6 is 0 Å². The van der Waals surface area contributed by atoms with Crippen LogP contribution in [0.4, 0.5) is 14.5 Å². The summed E-state index contributed by atoms with van der Waals surface area (Å²) in [5.41, 5.74) is 10.2. The molecule has 0 fully saturated rings. The van der Waals surface area contributed by atoms with Gasteiger partial charge in [-0.05, 0) is 48.4 Å². The van der Waals surface area contributed by atoms with Gasteiger partial charge in [0.05, 0.1) is 11.1 Å². The van der Waals surface area contributed by atoms with Crippen LogP contribution in [0.25, 0.3) is 27.7 Å². The second-order valence-corrected chi connectivity index (χ2v) is 7.70. The summed E-state index contributed by atoms with van der Waals surface area (Å²) in [6.45, 7) is 3.97. The summed E-state index contributed by atoms with van der Waals surface area (Å²) < 4.78 is 30.8. The molecule has 0 spiro atoms. The number of aldehydes is 1. The first-order valence-corrected chi connectivity index (χ1v) is 9.85. The maximum atomic E-state index is 15.3. The summed E-state index contributed by atoms with van der Waals surface area (Å²) in [6.07, 6.45) is 1.66. The summed E-state index contributed by atoms with van der Waals surface area (Å²) in [7, 11) is 0. The van der Waals surface area contributed by atoms with Crippen molar-refractivity contribution in [3.63, 3.8) is 0 Å². The van der Waals surface area contributed by atoms with Crippen molar-refractivity contribution in [1.29, 1.82) is 5.41 Å². The van der Waals surface area contributed by atoms with Crippen LogP contribution in [0.1, 0.15) is 41.4 Å². The zero-order valence-electron chi connectivity index (χ0n) is 17.1. The smallest absolute Gasteiger partial charge is 0.153 e. The van der Waals surface area contributed by atoms with Gasteiger partial charge in [-0.3, -0.25) is 4.79 Å². The molecule has 0 saturated heterocycles. The summed E-state index contributed by atoms with van der Waals surface area (Å²) in [5, 5.41) is 8.39. The van der Waals surface area contributed by atoms with E-state index in [1.54, 1.807) is 36.4 Å². The first-order chi connectivity index (χ1) is 14.9. The van der Waals surface area contributed by atoms with E-state index < -0.39 is 5.82 Å². The normalized spacial score (nSPS) is 11.3. The van der Waals surface area contributed by atoms with Crippen LogP contribution in [0.5, 0.6) is 0 Å². The van der Waals surface area contributed by atoms with Crippen LogP contribution in [0, 0.1) is 17.0 Å². The number of rotatable bonds is 5. The zero-order valence-corrected chi connectivity index (χ0v) is 17.1. The summed E-state index contributed by atoms with van der Waals surface area (Å²) in [4.78, 5) is 11.4. The topological polar surface area (TPSA) is 71.9 Å². The Bertz CT molecular complexity index is 1320. The molecule has 3 aromatic carbocycles. The molecule has 4 rings (SSSR count). The molecule has 31 heavy (non-hydrogen) atoms. The standard InChI is InChI=1S/C25H21F2N3O/c1-14(2)25-23(19-5-3-4-15(13-31)24(19)27)20-11-21(29)16(12-28)10-22(20)30(25)18-8-6-17(26)7-9-18/h3-14,28H,29H2,1-2H3. The second kappa shape index (κ2) is 7.80. The van der Waals surface area contributed by atoms with E-state index >= 15 is 4.39 Å². The number of hydrogen-bond acceptors (Lipinski definition) is 3. The molecule has 6 heteroatoms. The maximum Gasteiger partial charge on any atom is 0.153 e. The number of nitrogens with one attached hydrogen (secondary N) is 1. The average molecular weight is 417 g/mol. The second-order valence-electron chi connectivity index (χ2n) is 7.70. The first kappa shape index (κ1) is 20.5. The Balaban J connectivity index is 2.22. The van der Waals surface area contributed by atoms with Gasteiger partial charge in [-0.15, -0.1) is 0 Å². The lowest BCUT2D eigenvalue weighted by Crippen LogP contribution is -2.04. The largest absolute Gasteiger partial charge is 0.398 e. The number of carbonyl (C=O) groups excluding carboxylic acids is 1. The Kier molecular flexibility index (Phi) is 5.15. The Morgan fingerprint density at radius 3 is 2.35 bits per heavy atom. The van der Waals surface area contributed by atoms with Crippen molar-refractivity contribution in [2.75, 3.05) is 5.73 Å². The Morgan fingerprint density at radius 2 is 1.74 bits per heavy atom. The summed E-state index contributed by atoms with van der Waals surface area (Å²) in [5.74, 6) is -1.01. The fourth-order valence-electron chi connectivity index (χ4n) is 4.04. The highest BCUT2D eigenvalue weighted by Gasteiger charge is 2.25. The number of halogens is 2. The number of benzene rings is 3. The van der Waals surface area contributed by atoms with Gasteiger partial charge in [0.25, 0.3) is 0 Å². The van der Waals surface area contributed by atoms with Gasteiger partial charge >= 0.3 is 0 Å². The Morgan fingerprint density at radius 1 is 1.03 bits per heavy atom. The van der Waals surface area contributed by atoms with Gasteiger partial charge in [0.2, 0.25) is 0 Å². The molecule has 0 unspecified atom stereocenters. The van der Waals surface area contributed by atoms with Crippen molar-refractivity contribution in [1.82, 2.24) is 4.57 Å². The number of nitrogens with two attached hydrogens (primary N) is 1. The number of hydrogen-bond donors (Lipinski definition) is 2. The quantitative estimate of drug-likeness (QED) is 0.234. The lowest BCUT2D eigenvalue weighted by molar-refractivity contribution is 0.112. The number of nitrogen functional groups attached to an aromatic ring is 1. The lowest BCUT2D eigenvalue weighted by atomic mass is 9.94. The highest BCUT2D eigenvalue weighted by Crippen LogP contribution is 2.43. The third kappa shape index (κ3) is 3.30. The predicted molar refractivity (Wildman–Crippen MR) is 120 cm³/mol. The van der Waals surface area contributed by atoms with E-state index in [0.717, 1.165) is 5.69 Å². The molecule has 0 atom stereocenters. The molecular formula is C25H21F2N3O. The van der Waals surface area contributed by atoms with Crippen LogP contribution in [0.3, 0.4) is 0 Å². The molecule has 0 aliphatic carbocycles. The molecule has 0 amide bonds. The predicted octanol–water partition coefficient (Wildman–Crippen LogP) is 6.09. The Hall–Kier alpha value is -3.80. The molecule has 4 aromatic rings. The first-order valence-electron chi connectivity index (χ1n) is 9.85. The summed E-state index contributed by atoms with van der Waals surface area (Å²) >= 11 is 0.